The number of fused-ring (bicyclic) bond motifs is 1. The van der Waals surface area contributed by atoms with Crippen molar-refractivity contribution >= 4 is 0 Å². The van der Waals surface area contributed by atoms with E-state index in [9.17, 15) is 0 Å². The maximum absolute atomic E-state index is 6.07. The number of methoxy groups -OCH3 is 2. The maximum atomic E-state index is 6.07. The Hall–Kier alpha value is -2.79. The van der Waals surface area contributed by atoms with Crippen LogP contribution in [0.5, 0.6) is 11.5 Å². The first-order valence-electron chi connectivity index (χ1n) is 8.73. The van der Waals surface area contributed by atoms with Crippen molar-refractivity contribution in [2.45, 2.75) is 19.1 Å². The average Bonchev–Trinajstić information content (AvgIpc) is 3.15. The molecule has 0 N–H and O–H groups in total. The summed E-state index contributed by atoms with van der Waals surface area (Å²) < 4.78 is 19.2. The quantitative estimate of drug-likeness (QED) is 0.700. The molecule has 1 aliphatic rings. The minimum atomic E-state index is 0.0181. The molecule has 5 nitrogen and oxygen atoms in total. The van der Waals surface area contributed by atoms with Gasteiger partial charge in [-0.25, -0.2) is 4.98 Å². The highest BCUT2D eigenvalue weighted by atomic mass is 16.5. The number of rotatable bonds is 5. The van der Waals surface area contributed by atoms with Crippen molar-refractivity contribution in [1.82, 2.24) is 9.55 Å². The molecule has 4 rings (SSSR count). The summed E-state index contributed by atoms with van der Waals surface area (Å²) in [6.45, 7) is 1.45. The number of imidazole rings is 1. The second-order valence-electron chi connectivity index (χ2n) is 6.25. The van der Waals surface area contributed by atoms with E-state index in [4.69, 9.17) is 14.2 Å². The fourth-order valence-electron chi connectivity index (χ4n) is 3.57. The second kappa shape index (κ2) is 7.22. The molecule has 0 saturated carbocycles. The Kier molecular flexibility index (Phi) is 4.63. The largest absolute Gasteiger partial charge is 0.493 e. The fraction of sp³-hybridized carbons (Fsp3) is 0.286. The molecule has 2 aromatic carbocycles. The normalized spacial score (nSPS) is 16.2. The van der Waals surface area contributed by atoms with Crippen molar-refractivity contribution in [3.05, 3.63) is 66.0 Å². The predicted molar refractivity (Wildman–Crippen MR) is 99.6 cm³/mol. The second-order valence-corrected chi connectivity index (χ2v) is 6.25. The van der Waals surface area contributed by atoms with E-state index in [0.29, 0.717) is 18.0 Å². The van der Waals surface area contributed by atoms with Gasteiger partial charge in [0.05, 0.1) is 32.9 Å². The predicted octanol–water partition coefficient (Wildman–Crippen LogP) is 3.88. The van der Waals surface area contributed by atoms with Crippen LogP contribution in [0.15, 0.2) is 54.9 Å². The lowest BCUT2D eigenvalue weighted by molar-refractivity contribution is 0.0309. The van der Waals surface area contributed by atoms with Crippen LogP contribution >= 0.6 is 0 Å². The van der Waals surface area contributed by atoms with Crippen LogP contribution in [0.25, 0.3) is 11.4 Å². The smallest absolute Gasteiger partial charge is 0.171 e. The third-order valence-corrected chi connectivity index (χ3v) is 4.81. The molecule has 0 radical (unpaired) electrons. The van der Waals surface area contributed by atoms with Gasteiger partial charge in [-0.15, -0.1) is 0 Å². The van der Waals surface area contributed by atoms with Gasteiger partial charge in [-0.3, -0.25) is 0 Å². The summed E-state index contributed by atoms with van der Waals surface area (Å²) in [5, 5.41) is 0. The molecule has 1 unspecified atom stereocenters. The van der Waals surface area contributed by atoms with Crippen molar-refractivity contribution < 1.29 is 14.2 Å². The Labute approximate surface area is 153 Å². The van der Waals surface area contributed by atoms with Crippen molar-refractivity contribution in [2.24, 2.45) is 0 Å². The number of hydrogen-bond acceptors (Lipinski definition) is 4. The summed E-state index contributed by atoms with van der Waals surface area (Å²) in [7, 11) is 3.29. The van der Waals surface area contributed by atoms with Crippen LogP contribution in [0, 0.1) is 0 Å². The van der Waals surface area contributed by atoms with E-state index in [0.717, 1.165) is 24.4 Å². The molecule has 1 aromatic heterocycles. The SMILES string of the molecule is COc1cccc(-c2nccn2CC2OCCc3ccccc32)c1OC. The molecule has 0 amide bonds. The van der Waals surface area contributed by atoms with E-state index >= 15 is 0 Å². The topological polar surface area (TPSA) is 45.5 Å². The van der Waals surface area contributed by atoms with Crippen LogP contribution in [0.4, 0.5) is 0 Å². The summed E-state index contributed by atoms with van der Waals surface area (Å²) >= 11 is 0. The summed E-state index contributed by atoms with van der Waals surface area (Å²) in [5.74, 6) is 2.22. The van der Waals surface area contributed by atoms with E-state index in [2.05, 4.69) is 33.8 Å². The van der Waals surface area contributed by atoms with Crippen molar-refractivity contribution in [3.63, 3.8) is 0 Å². The molecule has 0 fully saturated rings. The lowest BCUT2D eigenvalue weighted by atomic mass is 9.97. The Morgan fingerprint density at radius 3 is 2.85 bits per heavy atom. The van der Waals surface area contributed by atoms with Gasteiger partial charge in [-0.05, 0) is 29.7 Å². The monoisotopic (exact) mass is 350 g/mol. The molecular formula is C21H22N2O3. The lowest BCUT2D eigenvalue weighted by Gasteiger charge is -2.27. The first-order chi connectivity index (χ1) is 12.8. The number of hydrogen-bond donors (Lipinski definition) is 0. The first-order valence-corrected chi connectivity index (χ1v) is 8.73. The average molecular weight is 350 g/mol. The van der Waals surface area contributed by atoms with Crippen LogP contribution in [-0.2, 0) is 17.7 Å². The molecule has 0 aliphatic carbocycles. The summed E-state index contributed by atoms with van der Waals surface area (Å²) in [5.41, 5.74) is 3.53. The molecule has 3 aromatic rings. The van der Waals surface area contributed by atoms with Crippen molar-refractivity contribution in [2.75, 3.05) is 20.8 Å². The van der Waals surface area contributed by atoms with E-state index in [1.54, 1.807) is 14.2 Å². The molecule has 2 heterocycles. The summed E-state index contributed by atoms with van der Waals surface area (Å²) in [6.07, 6.45) is 4.77. The molecule has 26 heavy (non-hydrogen) atoms. The van der Waals surface area contributed by atoms with Gasteiger partial charge in [-0.1, -0.05) is 30.3 Å². The molecule has 0 spiro atoms. The highest BCUT2D eigenvalue weighted by Gasteiger charge is 2.23. The standard InChI is InChI=1S/C21H22N2O3/c1-24-18-9-5-8-17(20(18)25-2)21-22-11-12-23(21)14-19-16-7-4-3-6-15(16)10-13-26-19/h3-9,11-12,19H,10,13-14H2,1-2H3. The van der Waals surface area contributed by atoms with E-state index < -0.39 is 0 Å². The molecule has 0 saturated heterocycles. The van der Waals surface area contributed by atoms with Crippen molar-refractivity contribution in [3.8, 4) is 22.9 Å². The molecule has 134 valence electrons. The van der Waals surface area contributed by atoms with Crippen LogP contribution in [0.2, 0.25) is 0 Å². The van der Waals surface area contributed by atoms with Crippen LogP contribution in [-0.4, -0.2) is 30.4 Å². The van der Waals surface area contributed by atoms with Crippen LogP contribution in [0.1, 0.15) is 17.2 Å². The van der Waals surface area contributed by atoms with E-state index in [1.165, 1.54) is 11.1 Å². The first kappa shape index (κ1) is 16.7. The zero-order chi connectivity index (χ0) is 17.9. The lowest BCUT2D eigenvalue weighted by Crippen LogP contribution is -2.20. The van der Waals surface area contributed by atoms with Gasteiger partial charge in [0.2, 0.25) is 0 Å². The van der Waals surface area contributed by atoms with Gasteiger partial charge in [-0.2, -0.15) is 0 Å². The molecule has 1 aliphatic heterocycles. The van der Waals surface area contributed by atoms with E-state index in [1.807, 2.05) is 30.6 Å². The van der Waals surface area contributed by atoms with E-state index in [-0.39, 0.29) is 6.10 Å². The molecular weight excluding hydrogens is 328 g/mol. The number of aromatic nitrogens is 2. The van der Waals surface area contributed by atoms with Gasteiger partial charge in [0.15, 0.2) is 11.5 Å². The number of ether oxygens (including phenoxy) is 3. The summed E-state index contributed by atoms with van der Waals surface area (Å²) in [4.78, 5) is 4.56. The van der Waals surface area contributed by atoms with Gasteiger partial charge >= 0.3 is 0 Å². The summed E-state index contributed by atoms with van der Waals surface area (Å²) in [6, 6.07) is 14.3. The zero-order valence-electron chi connectivity index (χ0n) is 15.0. The minimum absolute atomic E-state index is 0.0181. The number of benzene rings is 2. The third kappa shape index (κ3) is 2.95. The van der Waals surface area contributed by atoms with Crippen LogP contribution in [0.3, 0.4) is 0 Å². The van der Waals surface area contributed by atoms with Crippen LogP contribution < -0.4 is 9.47 Å². The molecule has 0 bridgehead atoms. The Balaban J connectivity index is 1.70. The minimum Gasteiger partial charge on any atom is -0.493 e. The molecule has 1 atom stereocenters. The zero-order valence-corrected chi connectivity index (χ0v) is 15.0. The van der Waals surface area contributed by atoms with Gasteiger partial charge < -0.3 is 18.8 Å². The Morgan fingerprint density at radius 1 is 1.12 bits per heavy atom. The van der Waals surface area contributed by atoms with Gasteiger partial charge in [0.25, 0.3) is 0 Å². The molecule has 5 heteroatoms. The maximum Gasteiger partial charge on any atom is 0.171 e. The number of para-hydroxylation sites is 1. The Morgan fingerprint density at radius 2 is 2.00 bits per heavy atom. The Bertz CT molecular complexity index is 904. The number of nitrogens with zero attached hydrogens (tertiary/aromatic N) is 2. The highest BCUT2D eigenvalue weighted by Crippen LogP contribution is 2.38. The fourth-order valence-corrected chi connectivity index (χ4v) is 3.57. The third-order valence-electron chi connectivity index (χ3n) is 4.81. The van der Waals surface area contributed by atoms with Gasteiger partial charge in [0, 0.05) is 12.4 Å². The van der Waals surface area contributed by atoms with Gasteiger partial charge in [0.1, 0.15) is 11.9 Å². The van der Waals surface area contributed by atoms with Crippen molar-refractivity contribution in [1.29, 1.82) is 0 Å². The highest BCUT2D eigenvalue weighted by molar-refractivity contribution is 5.69.